The zero-order valence-electron chi connectivity index (χ0n) is 20.2. The first-order chi connectivity index (χ1) is 17.1. The van der Waals surface area contributed by atoms with E-state index in [2.05, 4.69) is 0 Å². The molecule has 0 amide bonds. The third-order valence-corrected chi connectivity index (χ3v) is 7.09. The number of hydrogen-bond donors (Lipinski definition) is 2. The van der Waals surface area contributed by atoms with Crippen LogP contribution in [0.2, 0.25) is 0 Å². The molecule has 36 heavy (non-hydrogen) atoms. The predicted molar refractivity (Wildman–Crippen MR) is 136 cm³/mol. The van der Waals surface area contributed by atoms with Gasteiger partial charge in [-0.2, -0.15) is 0 Å². The summed E-state index contributed by atoms with van der Waals surface area (Å²) >= 11 is 0. The molecule has 7 nitrogen and oxygen atoms in total. The van der Waals surface area contributed by atoms with Gasteiger partial charge in [0.25, 0.3) is 0 Å². The van der Waals surface area contributed by atoms with Crippen molar-refractivity contribution in [3.63, 3.8) is 0 Å². The molecule has 0 aliphatic carbocycles. The maximum Gasteiger partial charge on any atom is 0.216 e. The van der Waals surface area contributed by atoms with Crippen molar-refractivity contribution in [3.05, 3.63) is 83.2 Å². The molecule has 1 atom stereocenters. The van der Waals surface area contributed by atoms with E-state index in [1.54, 1.807) is 55.6 Å². The lowest BCUT2D eigenvalue weighted by Crippen LogP contribution is -2.24. The van der Waals surface area contributed by atoms with Crippen LogP contribution in [0.4, 0.5) is 4.39 Å². The molecule has 0 fully saturated rings. The number of halogens is 1. The number of aliphatic hydroxyl groups is 1. The average molecular weight is 514 g/mol. The third-order valence-electron chi connectivity index (χ3n) is 5.87. The van der Waals surface area contributed by atoms with E-state index in [4.69, 9.17) is 19.0 Å². The summed E-state index contributed by atoms with van der Waals surface area (Å²) in [5.74, 6) is 0.940. The SMILES string of the molecule is COc1ccc(CC(c2cc3oc(-c4ccc(F)cc4)c(CO)c3cc2OC(C)C)S(N)(=O)=O)cc1. The van der Waals surface area contributed by atoms with Crippen LogP contribution in [0.5, 0.6) is 11.5 Å². The van der Waals surface area contributed by atoms with Gasteiger partial charge in [0.1, 0.15) is 33.9 Å². The Kier molecular flexibility index (Phi) is 7.35. The zero-order chi connectivity index (χ0) is 26.0. The minimum absolute atomic E-state index is 0.0984. The molecular formula is C27H28FNO6S. The Morgan fingerprint density at radius 1 is 1.06 bits per heavy atom. The lowest BCUT2D eigenvalue weighted by molar-refractivity contribution is 0.240. The molecule has 0 saturated heterocycles. The van der Waals surface area contributed by atoms with Crippen LogP contribution >= 0.6 is 0 Å². The highest BCUT2D eigenvalue weighted by molar-refractivity contribution is 7.89. The molecule has 0 saturated carbocycles. The van der Waals surface area contributed by atoms with Crippen LogP contribution in [-0.4, -0.2) is 26.7 Å². The highest BCUT2D eigenvalue weighted by atomic mass is 32.2. The van der Waals surface area contributed by atoms with E-state index >= 15 is 0 Å². The van der Waals surface area contributed by atoms with Crippen molar-refractivity contribution >= 4 is 21.0 Å². The predicted octanol–water partition coefficient (Wildman–Crippen LogP) is 5.10. The first-order valence-electron chi connectivity index (χ1n) is 11.4. The van der Waals surface area contributed by atoms with Gasteiger partial charge in [0.15, 0.2) is 0 Å². The third kappa shape index (κ3) is 5.38. The number of fused-ring (bicyclic) bond motifs is 1. The number of hydrogen-bond acceptors (Lipinski definition) is 6. The maximum absolute atomic E-state index is 13.5. The molecule has 190 valence electrons. The van der Waals surface area contributed by atoms with Crippen LogP contribution in [0.25, 0.3) is 22.3 Å². The van der Waals surface area contributed by atoms with Crippen molar-refractivity contribution in [2.75, 3.05) is 7.11 Å². The van der Waals surface area contributed by atoms with Crippen molar-refractivity contribution in [3.8, 4) is 22.8 Å². The lowest BCUT2D eigenvalue weighted by atomic mass is 10.00. The highest BCUT2D eigenvalue weighted by Crippen LogP contribution is 2.41. The van der Waals surface area contributed by atoms with Crippen molar-refractivity contribution in [1.82, 2.24) is 0 Å². The second kappa shape index (κ2) is 10.3. The minimum Gasteiger partial charge on any atom is -0.497 e. The molecule has 9 heteroatoms. The largest absolute Gasteiger partial charge is 0.497 e. The van der Waals surface area contributed by atoms with Crippen LogP contribution in [0.1, 0.15) is 35.8 Å². The molecule has 4 rings (SSSR count). The summed E-state index contributed by atoms with van der Waals surface area (Å²) in [7, 11) is -2.52. The van der Waals surface area contributed by atoms with Gasteiger partial charge in [0.05, 0.1) is 19.8 Å². The van der Waals surface area contributed by atoms with E-state index in [0.29, 0.717) is 44.9 Å². The molecule has 3 N–H and O–H groups in total. The van der Waals surface area contributed by atoms with Crippen LogP contribution in [-0.2, 0) is 23.1 Å². The van der Waals surface area contributed by atoms with Gasteiger partial charge in [0, 0.05) is 22.1 Å². The molecule has 0 bridgehead atoms. The number of sulfonamides is 1. The standard InChI is InChI=1S/C27H28FNO6S/c1-16(2)34-25-13-21-23(15-30)27(18-6-8-19(28)9-7-18)35-24(21)14-22(25)26(36(29,31)32)12-17-4-10-20(33-3)11-5-17/h4-11,13-14,16,26,30H,12,15H2,1-3H3,(H2,29,31,32). The Hall–Kier alpha value is -3.40. The Balaban J connectivity index is 1.89. The van der Waals surface area contributed by atoms with Gasteiger partial charge in [-0.25, -0.2) is 17.9 Å². The second-order valence-corrected chi connectivity index (χ2v) is 10.5. The molecule has 1 aromatic heterocycles. The van der Waals surface area contributed by atoms with Crippen molar-refractivity contribution in [1.29, 1.82) is 0 Å². The van der Waals surface area contributed by atoms with Gasteiger partial charge in [-0.1, -0.05) is 12.1 Å². The second-order valence-electron chi connectivity index (χ2n) is 8.76. The number of aliphatic hydroxyl groups excluding tert-OH is 1. The van der Waals surface area contributed by atoms with Crippen molar-refractivity contribution in [2.24, 2.45) is 5.14 Å². The van der Waals surface area contributed by atoms with E-state index in [1.165, 1.54) is 12.1 Å². The lowest BCUT2D eigenvalue weighted by Gasteiger charge is -2.21. The van der Waals surface area contributed by atoms with Gasteiger partial charge in [-0.3, -0.25) is 0 Å². The maximum atomic E-state index is 13.5. The summed E-state index contributed by atoms with van der Waals surface area (Å²) in [6, 6.07) is 16.0. The van der Waals surface area contributed by atoms with Gasteiger partial charge in [0.2, 0.25) is 10.0 Å². The van der Waals surface area contributed by atoms with E-state index in [-0.39, 0.29) is 19.1 Å². The number of methoxy groups -OCH3 is 1. The topological polar surface area (TPSA) is 112 Å². The molecule has 0 radical (unpaired) electrons. The van der Waals surface area contributed by atoms with Gasteiger partial charge < -0.3 is 19.0 Å². The Labute approximate surface area is 209 Å². The molecule has 1 heterocycles. The Morgan fingerprint density at radius 3 is 2.28 bits per heavy atom. The fourth-order valence-corrected chi connectivity index (χ4v) is 5.13. The summed E-state index contributed by atoms with van der Waals surface area (Å²) in [5, 5.41) is 15.3. The molecular weight excluding hydrogens is 485 g/mol. The van der Waals surface area contributed by atoms with E-state index < -0.39 is 21.1 Å². The van der Waals surface area contributed by atoms with E-state index in [1.807, 2.05) is 13.8 Å². The van der Waals surface area contributed by atoms with Gasteiger partial charge in [-0.05, 0) is 74.4 Å². The molecule has 0 spiro atoms. The number of furan rings is 1. The fourth-order valence-electron chi connectivity index (χ4n) is 4.17. The van der Waals surface area contributed by atoms with Crippen molar-refractivity contribution < 1.29 is 31.8 Å². The zero-order valence-corrected chi connectivity index (χ0v) is 21.0. The fraction of sp³-hybridized carbons (Fsp3) is 0.259. The van der Waals surface area contributed by atoms with Crippen LogP contribution in [0.15, 0.2) is 65.1 Å². The number of ether oxygens (including phenoxy) is 2. The van der Waals surface area contributed by atoms with E-state index in [9.17, 15) is 17.9 Å². The monoisotopic (exact) mass is 513 g/mol. The van der Waals surface area contributed by atoms with Crippen LogP contribution in [0.3, 0.4) is 0 Å². The molecule has 4 aromatic rings. The highest BCUT2D eigenvalue weighted by Gasteiger charge is 2.30. The van der Waals surface area contributed by atoms with Crippen LogP contribution < -0.4 is 14.6 Å². The summed E-state index contributed by atoms with van der Waals surface area (Å²) in [5.41, 5.74) is 2.50. The normalized spacial score (nSPS) is 12.8. The first kappa shape index (κ1) is 25.7. The Bertz CT molecular complexity index is 1460. The number of primary sulfonamides is 1. The molecule has 0 aliphatic heterocycles. The number of benzene rings is 3. The number of nitrogens with two attached hydrogens (primary N) is 1. The smallest absolute Gasteiger partial charge is 0.216 e. The quantitative estimate of drug-likeness (QED) is 0.322. The molecule has 0 aliphatic rings. The number of rotatable bonds is 9. The van der Waals surface area contributed by atoms with Gasteiger partial charge in [-0.15, -0.1) is 0 Å². The summed E-state index contributed by atoms with van der Waals surface area (Å²) in [6.07, 6.45) is -0.161. The van der Waals surface area contributed by atoms with Crippen molar-refractivity contribution in [2.45, 2.75) is 38.2 Å². The van der Waals surface area contributed by atoms with Crippen LogP contribution in [0, 0.1) is 5.82 Å². The first-order valence-corrected chi connectivity index (χ1v) is 13.0. The summed E-state index contributed by atoms with van der Waals surface area (Å²) < 4.78 is 56.4. The van der Waals surface area contributed by atoms with E-state index in [0.717, 1.165) is 5.56 Å². The minimum atomic E-state index is -4.07. The summed E-state index contributed by atoms with van der Waals surface area (Å²) in [4.78, 5) is 0. The Morgan fingerprint density at radius 2 is 1.72 bits per heavy atom. The summed E-state index contributed by atoms with van der Waals surface area (Å²) in [6.45, 7) is 3.32. The van der Waals surface area contributed by atoms with Gasteiger partial charge >= 0.3 is 0 Å². The molecule has 3 aromatic carbocycles. The average Bonchev–Trinajstić information content (AvgIpc) is 3.19. The molecule has 1 unspecified atom stereocenters.